The molecular weight excluding hydrogens is 395 g/mol. The Morgan fingerprint density at radius 3 is 2.32 bits per heavy atom. The van der Waals surface area contributed by atoms with Crippen LogP contribution in [0.2, 0.25) is 0 Å². The van der Waals surface area contributed by atoms with Crippen LogP contribution >= 0.6 is 0 Å². The first-order valence-corrected chi connectivity index (χ1v) is 10.9. The molecule has 2 amide bonds. The van der Waals surface area contributed by atoms with Gasteiger partial charge in [0.15, 0.2) is 0 Å². The summed E-state index contributed by atoms with van der Waals surface area (Å²) in [6.07, 6.45) is 7.29. The summed E-state index contributed by atoms with van der Waals surface area (Å²) < 4.78 is 15.7. The minimum absolute atomic E-state index is 0.0509. The average molecular weight is 420 g/mol. The van der Waals surface area contributed by atoms with Crippen molar-refractivity contribution in [2.45, 2.75) is 31.6 Å². The Labute approximate surface area is 180 Å². The summed E-state index contributed by atoms with van der Waals surface area (Å²) in [7, 11) is 0. The number of rotatable bonds is 3. The van der Waals surface area contributed by atoms with E-state index in [1.165, 1.54) is 12.1 Å². The van der Waals surface area contributed by atoms with Gasteiger partial charge in [-0.3, -0.25) is 9.59 Å². The van der Waals surface area contributed by atoms with Crippen LogP contribution in [0.4, 0.5) is 4.39 Å². The molecule has 2 fully saturated rings. The third-order valence-electron chi connectivity index (χ3n) is 6.53. The van der Waals surface area contributed by atoms with Crippen molar-refractivity contribution in [3.63, 3.8) is 0 Å². The fraction of sp³-hybridized carbons (Fsp3) is 0.375. The van der Waals surface area contributed by atoms with E-state index < -0.39 is 5.82 Å². The van der Waals surface area contributed by atoms with Crippen LogP contribution in [0.25, 0.3) is 5.52 Å². The Morgan fingerprint density at radius 2 is 1.58 bits per heavy atom. The highest BCUT2D eigenvalue weighted by Crippen LogP contribution is 2.30. The number of benzene rings is 1. The van der Waals surface area contributed by atoms with Crippen LogP contribution in [0.15, 0.2) is 48.8 Å². The number of likely N-dealkylation sites (tertiary alicyclic amines) is 2. The zero-order valence-electron chi connectivity index (χ0n) is 17.3. The maximum Gasteiger partial charge on any atom is 0.257 e. The Hall–Kier alpha value is -3.22. The molecule has 2 aliphatic rings. The number of carbonyl (C=O) groups excluding carboxylic acids is 2. The van der Waals surface area contributed by atoms with E-state index in [1.54, 1.807) is 27.7 Å². The summed E-state index contributed by atoms with van der Waals surface area (Å²) in [5.74, 6) is -0.383. The highest BCUT2D eigenvalue weighted by molar-refractivity contribution is 6.00. The number of pyridine rings is 1. The molecule has 6 nitrogen and oxygen atoms in total. The summed E-state index contributed by atoms with van der Waals surface area (Å²) in [4.78, 5) is 29.2. The highest BCUT2D eigenvalue weighted by Gasteiger charge is 2.27. The topological polar surface area (TPSA) is 57.9 Å². The number of fused-ring (bicyclic) bond motifs is 1. The predicted octanol–water partition coefficient (Wildman–Crippen LogP) is 3.73. The van der Waals surface area contributed by atoms with E-state index in [2.05, 4.69) is 11.2 Å². The summed E-state index contributed by atoms with van der Waals surface area (Å²) >= 11 is 0. The standard InChI is InChI=1S/C24H25FN4O2/c25-21-6-2-1-5-19(21)23(30)28-12-7-17(8-13-28)18-9-14-29-22(15-18)20(16-26-29)24(31)27-10-3-4-11-27/h1-2,5-6,9,14-17H,3-4,7-8,10-13H2. The van der Waals surface area contributed by atoms with Gasteiger partial charge < -0.3 is 9.80 Å². The van der Waals surface area contributed by atoms with Crippen molar-refractivity contribution in [1.82, 2.24) is 19.4 Å². The van der Waals surface area contributed by atoms with Gasteiger partial charge in [-0.25, -0.2) is 8.91 Å². The Kier molecular flexibility index (Phi) is 5.18. The molecule has 1 aromatic carbocycles. The molecule has 0 N–H and O–H groups in total. The first-order valence-electron chi connectivity index (χ1n) is 10.9. The summed E-state index contributed by atoms with van der Waals surface area (Å²) in [6.45, 7) is 2.79. The van der Waals surface area contributed by atoms with Crippen molar-refractivity contribution in [2.24, 2.45) is 0 Å². The normalized spacial score (nSPS) is 17.5. The molecular formula is C24H25FN4O2. The van der Waals surface area contributed by atoms with Gasteiger partial charge >= 0.3 is 0 Å². The molecule has 0 unspecified atom stereocenters. The molecule has 0 spiro atoms. The van der Waals surface area contributed by atoms with Gasteiger partial charge in [0.05, 0.1) is 22.8 Å². The Balaban J connectivity index is 1.32. The first-order chi connectivity index (χ1) is 15.1. The second kappa shape index (κ2) is 8.13. The lowest BCUT2D eigenvalue weighted by molar-refractivity contribution is 0.0707. The molecule has 3 aromatic rings. The lowest BCUT2D eigenvalue weighted by Gasteiger charge is -2.32. The number of aromatic nitrogens is 2. The molecule has 4 heterocycles. The second-order valence-electron chi connectivity index (χ2n) is 8.39. The van der Waals surface area contributed by atoms with Crippen LogP contribution in [0.5, 0.6) is 0 Å². The third kappa shape index (κ3) is 3.69. The monoisotopic (exact) mass is 420 g/mol. The van der Waals surface area contributed by atoms with Crippen LogP contribution in [-0.4, -0.2) is 57.4 Å². The van der Waals surface area contributed by atoms with Gasteiger partial charge in [-0.05, 0) is 61.4 Å². The molecule has 0 atom stereocenters. The molecule has 2 saturated heterocycles. The largest absolute Gasteiger partial charge is 0.339 e. The van der Waals surface area contributed by atoms with E-state index in [1.807, 2.05) is 17.2 Å². The lowest BCUT2D eigenvalue weighted by Crippen LogP contribution is -2.38. The number of hydrogen-bond acceptors (Lipinski definition) is 3. The minimum Gasteiger partial charge on any atom is -0.339 e. The quantitative estimate of drug-likeness (QED) is 0.649. The average Bonchev–Trinajstić information content (AvgIpc) is 3.48. The van der Waals surface area contributed by atoms with Crippen molar-refractivity contribution in [1.29, 1.82) is 0 Å². The van der Waals surface area contributed by atoms with E-state index >= 15 is 0 Å². The van der Waals surface area contributed by atoms with Crippen LogP contribution in [0.1, 0.15) is 57.9 Å². The van der Waals surface area contributed by atoms with E-state index in [9.17, 15) is 14.0 Å². The zero-order valence-corrected chi connectivity index (χ0v) is 17.3. The van der Waals surface area contributed by atoms with Crippen molar-refractivity contribution < 1.29 is 14.0 Å². The number of piperidine rings is 1. The van der Waals surface area contributed by atoms with Crippen molar-refractivity contribution in [3.8, 4) is 0 Å². The zero-order chi connectivity index (χ0) is 21.4. The molecule has 0 bridgehead atoms. The molecule has 2 aliphatic heterocycles. The predicted molar refractivity (Wildman–Crippen MR) is 115 cm³/mol. The molecule has 0 radical (unpaired) electrons. The van der Waals surface area contributed by atoms with E-state index in [4.69, 9.17) is 0 Å². The molecule has 160 valence electrons. The molecule has 0 aliphatic carbocycles. The van der Waals surface area contributed by atoms with Crippen LogP contribution in [0.3, 0.4) is 0 Å². The first kappa shape index (κ1) is 19.7. The number of halogens is 1. The number of amides is 2. The molecule has 5 rings (SSSR count). The van der Waals surface area contributed by atoms with Gasteiger partial charge in [0.1, 0.15) is 5.82 Å². The van der Waals surface area contributed by atoms with Crippen molar-refractivity contribution >= 4 is 17.3 Å². The summed E-state index contributed by atoms with van der Waals surface area (Å²) in [6, 6.07) is 10.2. The van der Waals surface area contributed by atoms with E-state index in [-0.39, 0.29) is 17.4 Å². The number of nitrogens with zero attached hydrogens (tertiary/aromatic N) is 4. The molecule has 7 heteroatoms. The van der Waals surface area contributed by atoms with Gasteiger partial charge in [0.25, 0.3) is 11.8 Å². The Bertz CT molecular complexity index is 1130. The number of hydrogen-bond donors (Lipinski definition) is 0. The van der Waals surface area contributed by atoms with Gasteiger partial charge in [-0.1, -0.05) is 12.1 Å². The SMILES string of the molecule is O=C(c1ccccc1F)N1CCC(c2ccn3ncc(C(=O)N4CCCC4)c3c2)CC1. The lowest BCUT2D eigenvalue weighted by atomic mass is 9.89. The Morgan fingerprint density at radius 1 is 0.903 bits per heavy atom. The summed E-state index contributed by atoms with van der Waals surface area (Å²) in [5.41, 5.74) is 2.77. The fourth-order valence-electron chi connectivity index (χ4n) is 4.73. The fourth-order valence-corrected chi connectivity index (χ4v) is 4.73. The second-order valence-corrected chi connectivity index (χ2v) is 8.39. The van der Waals surface area contributed by atoms with Crippen LogP contribution < -0.4 is 0 Å². The molecule has 31 heavy (non-hydrogen) atoms. The van der Waals surface area contributed by atoms with E-state index in [0.29, 0.717) is 24.6 Å². The molecule has 2 aromatic heterocycles. The van der Waals surface area contributed by atoms with Gasteiger partial charge in [-0.2, -0.15) is 5.10 Å². The summed E-state index contributed by atoms with van der Waals surface area (Å²) in [5, 5.41) is 4.36. The van der Waals surface area contributed by atoms with Gasteiger partial charge in [0.2, 0.25) is 0 Å². The van der Waals surface area contributed by atoms with Gasteiger partial charge in [0, 0.05) is 32.4 Å². The maximum absolute atomic E-state index is 14.0. The van der Waals surface area contributed by atoms with Crippen LogP contribution in [-0.2, 0) is 0 Å². The highest BCUT2D eigenvalue weighted by atomic mass is 19.1. The van der Waals surface area contributed by atoms with Gasteiger partial charge in [-0.15, -0.1) is 0 Å². The number of carbonyl (C=O) groups is 2. The third-order valence-corrected chi connectivity index (χ3v) is 6.53. The maximum atomic E-state index is 14.0. The van der Waals surface area contributed by atoms with Crippen LogP contribution in [0, 0.1) is 5.82 Å². The van der Waals surface area contributed by atoms with Crippen molar-refractivity contribution in [3.05, 3.63) is 71.3 Å². The van der Waals surface area contributed by atoms with E-state index in [0.717, 1.165) is 49.9 Å². The van der Waals surface area contributed by atoms with Crippen molar-refractivity contribution in [2.75, 3.05) is 26.2 Å². The minimum atomic E-state index is -0.476. The smallest absolute Gasteiger partial charge is 0.257 e. The molecule has 0 saturated carbocycles.